The fraction of sp³-hybridized carbons (Fsp3) is 0.273. The molecule has 0 aliphatic heterocycles. The summed E-state index contributed by atoms with van der Waals surface area (Å²) in [5, 5.41) is 19.1. The average molecular weight is 316 g/mol. The maximum atomic E-state index is 11.2. The third-order valence-electron chi connectivity index (χ3n) is 2.70. The summed E-state index contributed by atoms with van der Waals surface area (Å²) in [7, 11) is 0. The minimum Gasteiger partial charge on any atom is -0.381 e. The van der Waals surface area contributed by atoms with Crippen LogP contribution < -0.4 is 5.73 Å². The van der Waals surface area contributed by atoms with Gasteiger partial charge in [0.05, 0.1) is 15.6 Å². The van der Waals surface area contributed by atoms with Gasteiger partial charge in [-0.05, 0) is 12.5 Å². The van der Waals surface area contributed by atoms with Crippen molar-refractivity contribution in [2.75, 3.05) is 5.73 Å². The average Bonchev–Trinajstić information content (AvgIpc) is 2.71. The number of aromatic nitrogens is 3. The summed E-state index contributed by atoms with van der Waals surface area (Å²) < 4.78 is 1.30. The first-order valence-electron chi connectivity index (χ1n) is 5.79. The second-order valence-electron chi connectivity index (χ2n) is 4.10. The number of nitro benzene ring substituents is 1. The van der Waals surface area contributed by atoms with Crippen LogP contribution in [0.15, 0.2) is 12.1 Å². The molecule has 0 fully saturated rings. The molecular formula is C11H11Cl2N5O2. The summed E-state index contributed by atoms with van der Waals surface area (Å²) >= 11 is 11.9. The van der Waals surface area contributed by atoms with E-state index in [-0.39, 0.29) is 27.2 Å². The molecule has 2 aromatic rings. The predicted molar refractivity (Wildman–Crippen MR) is 76.4 cm³/mol. The number of halogens is 2. The first-order chi connectivity index (χ1) is 9.45. The van der Waals surface area contributed by atoms with E-state index in [9.17, 15) is 10.1 Å². The lowest BCUT2D eigenvalue weighted by atomic mass is 10.2. The van der Waals surface area contributed by atoms with Crippen molar-refractivity contribution < 1.29 is 4.92 Å². The van der Waals surface area contributed by atoms with Gasteiger partial charge in [-0.15, -0.1) is 5.10 Å². The first kappa shape index (κ1) is 14.5. The molecule has 0 saturated heterocycles. The zero-order valence-corrected chi connectivity index (χ0v) is 12.0. The lowest BCUT2D eigenvalue weighted by Crippen LogP contribution is -2.07. The molecule has 106 valence electrons. The largest absolute Gasteiger partial charge is 0.381 e. The summed E-state index contributed by atoms with van der Waals surface area (Å²) in [6.45, 7) is 1.95. The van der Waals surface area contributed by atoms with Crippen molar-refractivity contribution in [3.05, 3.63) is 38.0 Å². The number of benzene rings is 1. The summed E-state index contributed by atoms with van der Waals surface area (Å²) in [5.74, 6) is 0.229. The lowest BCUT2D eigenvalue weighted by molar-refractivity contribution is -0.384. The Balaban J connectivity index is 2.72. The van der Waals surface area contributed by atoms with Crippen molar-refractivity contribution in [1.82, 2.24) is 15.0 Å². The highest BCUT2D eigenvalue weighted by Gasteiger charge is 2.24. The molecule has 9 heteroatoms. The number of hydrogen-bond acceptors (Lipinski definition) is 5. The minimum absolute atomic E-state index is 0.117. The molecule has 20 heavy (non-hydrogen) atoms. The van der Waals surface area contributed by atoms with Gasteiger partial charge in [0.25, 0.3) is 5.69 Å². The topological polar surface area (TPSA) is 99.9 Å². The SMILES string of the molecule is CCCc1c(N)nnn1-c1c(Cl)cc(Cl)cc1[N+](=O)[O-]. The standard InChI is InChI=1S/C11H11Cl2N5O2/c1-2-3-8-11(14)15-16-17(8)10-7(13)4-6(12)5-9(10)18(19)20/h4-5H,2-3,14H2,1H3. The number of hydrogen-bond donors (Lipinski definition) is 1. The molecular weight excluding hydrogens is 305 g/mol. The number of rotatable bonds is 4. The van der Waals surface area contributed by atoms with Crippen molar-refractivity contribution in [2.45, 2.75) is 19.8 Å². The van der Waals surface area contributed by atoms with Crippen molar-refractivity contribution in [2.24, 2.45) is 0 Å². The van der Waals surface area contributed by atoms with Gasteiger partial charge in [-0.1, -0.05) is 41.8 Å². The van der Waals surface area contributed by atoms with E-state index in [1.165, 1.54) is 16.8 Å². The Bertz CT molecular complexity index is 671. The molecule has 0 aliphatic carbocycles. The van der Waals surface area contributed by atoms with Crippen LogP contribution in [0.5, 0.6) is 0 Å². The van der Waals surface area contributed by atoms with Crippen molar-refractivity contribution in [3.8, 4) is 5.69 Å². The van der Waals surface area contributed by atoms with Crippen LogP contribution in [0.25, 0.3) is 5.69 Å². The number of nitrogens with zero attached hydrogens (tertiary/aromatic N) is 4. The van der Waals surface area contributed by atoms with E-state index in [4.69, 9.17) is 28.9 Å². The first-order valence-corrected chi connectivity index (χ1v) is 6.55. The molecule has 0 radical (unpaired) electrons. The third kappa shape index (κ3) is 2.54. The van der Waals surface area contributed by atoms with E-state index in [1.54, 1.807) is 0 Å². The Labute approximate surface area is 124 Å². The summed E-state index contributed by atoms with van der Waals surface area (Å²) in [6, 6.07) is 2.63. The van der Waals surface area contributed by atoms with Gasteiger partial charge < -0.3 is 5.73 Å². The second-order valence-corrected chi connectivity index (χ2v) is 4.94. The highest BCUT2D eigenvalue weighted by atomic mass is 35.5. The van der Waals surface area contributed by atoms with Gasteiger partial charge in [-0.25, -0.2) is 4.68 Å². The molecule has 2 N–H and O–H groups in total. The molecule has 0 amide bonds. The summed E-state index contributed by atoms with van der Waals surface area (Å²) in [6.07, 6.45) is 1.37. The van der Waals surface area contributed by atoms with Gasteiger partial charge in [0.15, 0.2) is 11.5 Å². The van der Waals surface area contributed by atoms with Crippen LogP contribution in [-0.2, 0) is 6.42 Å². The van der Waals surface area contributed by atoms with Gasteiger partial charge >= 0.3 is 0 Å². The number of nitrogen functional groups attached to an aromatic ring is 1. The van der Waals surface area contributed by atoms with E-state index >= 15 is 0 Å². The second kappa shape index (κ2) is 5.64. The molecule has 0 atom stereocenters. The highest BCUT2D eigenvalue weighted by Crippen LogP contribution is 2.34. The van der Waals surface area contributed by atoms with E-state index < -0.39 is 4.92 Å². The summed E-state index contributed by atoms with van der Waals surface area (Å²) in [4.78, 5) is 10.6. The van der Waals surface area contributed by atoms with Gasteiger partial charge in [-0.2, -0.15) is 0 Å². The maximum absolute atomic E-state index is 11.2. The molecule has 0 unspecified atom stereocenters. The molecule has 1 heterocycles. The Hall–Kier alpha value is -1.86. The molecule has 1 aromatic carbocycles. The van der Waals surface area contributed by atoms with Crippen LogP contribution in [0.1, 0.15) is 19.0 Å². The maximum Gasteiger partial charge on any atom is 0.297 e. The van der Waals surface area contributed by atoms with Crippen molar-refractivity contribution >= 4 is 34.7 Å². The van der Waals surface area contributed by atoms with Crippen molar-refractivity contribution in [1.29, 1.82) is 0 Å². The Morgan fingerprint density at radius 2 is 2.15 bits per heavy atom. The fourth-order valence-corrected chi connectivity index (χ4v) is 2.43. The monoisotopic (exact) mass is 315 g/mol. The molecule has 2 rings (SSSR count). The fourth-order valence-electron chi connectivity index (χ4n) is 1.86. The Kier molecular flexibility index (Phi) is 4.10. The van der Waals surface area contributed by atoms with Gasteiger partial charge in [0, 0.05) is 11.1 Å². The molecule has 0 bridgehead atoms. The van der Waals surface area contributed by atoms with Gasteiger partial charge in [-0.3, -0.25) is 10.1 Å². The quantitative estimate of drug-likeness (QED) is 0.690. The normalized spacial score (nSPS) is 10.8. The van der Waals surface area contributed by atoms with Crippen LogP contribution in [0.3, 0.4) is 0 Å². The molecule has 0 spiro atoms. The molecule has 0 aliphatic rings. The number of nitro groups is 1. The van der Waals surface area contributed by atoms with Gasteiger partial charge in [0.1, 0.15) is 0 Å². The zero-order chi connectivity index (χ0) is 14.9. The van der Waals surface area contributed by atoms with Crippen LogP contribution in [0, 0.1) is 10.1 Å². The third-order valence-corrected chi connectivity index (χ3v) is 3.20. The van der Waals surface area contributed by atoms with E-state index in [1.807, 2.05) is 6.92 Å². The smallest absolute Gasteiger partial charge is 0.297 e. The van der Waals surface area contributed by atoms with Gasteiger partial charge in [0.2, 0.25) is 0 Å². The zero-order valence-electron chi connectivity index (χ0n) is 10.5. The highest BCUT2D eigenvalue weighted by molar-refractivity contribution is 6.36. The van der Waals surface area contributed by atoms with Crippen LogP contribution >= 0.6 is 23.2 Å². The van der Waals surface area contributed by atoms with Crippen molar-refractivity contribution in [3.63, 3.8) is 0 Å². The Morgan fingerprint density at radius 1 is 1.45 bits per heavy atom. The van der Waals surface area contributed by atoms with E-state index in [0.29, 0.717) is 12.1 Å². The van der Waals surface area contributed by atoms with Crippen LogP contribution in [0.4, 0.5) is 11.5 Å². The predicted octanol–water partition coefficient (Wildman–Crippen LogP) is 3.02. The van der Waals surface area contributed by atoms with Crippen LogP contribution in [-0.4, -0.2) is 19.9 Å². The summed E-state index contributed by atoms with van der Waals surface area (Å²) in [5.41, 5.74) is 6.19. The van der Waals surface area contributed by atoms with Crippen LogP contribution in [0.2, 0.25) is 10.0 Å². The van der Waals surface area contributed by atoms with E-state index in [0.717, 1.165) is 6.42 Å². The number of nitrogens with two attached hydrogens (primary N) is 1. The van der Waals surface area contributed by atoms with E-state index in [2.05, 4.69) is 10.3 Å². The molecule has 7 nitrogen and oxygen atoms in total. The molecule has 1 aromatic heterocycles. The minimum atomic E-state index is -0.569. The lowest BCUT2D eigenvalue weighted by Gasteiger charge is -2.09. The number of anilines is 1. The Morgan fingerprint density at radius 3 is 2.75 bits per heavy atom. The molecule has 0 saturated carbocycles.